The summed E-state index contributed by atoms with van der Waals surface area (Å²) in [5.41, 5.74) is -1.55. The average Bonchev–Trinajstić information content (AvgIpc) is 2.49. The van der Waals surface area contributed by atoms with E-state index < -0.39 is 17.6 Å². The quantitative estimate of drug-likeness (QED) is 0.535. The third-order valence-electron chi connectivity index (χ3n) is 2.50. The van der Waals surface area contributed by atoms with Crippen molar-refractivity contribution in [1.29, 1.82) is 0 Å². The summed E-state index contributed by atoms with van der Waals surface area (Å²) >= 11 is 0. The summed E-state index contributed by atoms with van der Waals surface area (Å²) in [6.45, 7) is 1.99. The van der Waals surface area contributed by atoms with Crippen molar-refractivity contribution >= 4 is 11.8 Å². The summed E-state index contributed by atoms with van der Waals surface area (Å²) < 4.78 is 0. The molecule has 0 aliphatic carbocycles. The molecule has 5 heteroatoms. The predicted molar refractivity (Wildman–Crippen MR) is 48.9 cm³/mol. The largest absolute Gasteiger partial charge is 0.480 e. The van der Waals surface area contributed by atoms with Gasteiger partial charge in [0.1, 0.15) is 0 Å². The Balaban J connectivity index is 2.83. The van der Waals surface area contributed by atoms with E-state index in [0.717, 1.165) is 0 Å². The molecule has 3 N–H and O–H groups in total. The van der Waals surface area contributed by atoms with E-state index in [1.807, 2.05) is 6.92 Å². The summed E-state index contributed by atoms with van der Waals surface area (Å²) in [6.07, 6.45) is 0.0747. The highest BCUT2D eigenvalue weighted by atomic mass is 16.4. The van der Waals surface area contributed by atoms with Gasteiger partial charge in [-0.15, -0.1) is 0 Å². The monoisotopic (exact) mass is 201 g/mol. The van der Waals surface area contributed by atoms with Gasteiger partial charge >= 0.3 is 5.97 Å². The summed E-state index contributed by atoms with van der Waals surface area (Å²) in [7, 11) is 0. The molecule has 1 rings (SSSR count). The van der Waals surface area contributed by atoms with Crippen LogP contribution in [0.2, 0.25) is 0 Å². The van der Waals surface area contributed by atoms with Gasteiger partial charge in [0.2, 0.25) is 0 Å². The van der Waals surface area contributed by atoms with E-state index in [2.05, 4.69) is 5.32 Å². The fourth-order valence-corrected chi connectivity index (χ4v) is 1.72. The Morgan fingerprint density at radius 2 is 2.21 bits per heavy atom. The predicted octanol–water partition coefficient (Wildman–Crippen LogP) is -0.467. The van der Waals surface area contributed by atoms with Crippen LogP contribution in [0, 0.1) is 0 Å². The van der Waals surface area contributed by atoms with Gasteiger partial charge in [0.25, 0.3) is 0 Å². The number of ketones is 1. The van der Waals surface area contributed by atoms with Crippen molar-refractivity contribution in [2.75, 3.05) is 6.54 Å². The van der Waals surface area contributed by atoms with Crippen LogP contribution in [0.25, 0.3) is 0 Å². The Kier molecular flexibility index (Phi) is 3.23. The number of rotatable bonds is 4. The lowest BCUT2D eigenvalue weighted by molar-refractivity contribution is -0.149. The van der Waals surface area contributed by atoms with Gasteiger partial charge in [0.05, 0.1) is 6.10 Å². The highest BCUT2D eigenvalue weighted by Gasteiger charge is 2.50. The molecule has 1 heterocycles. The molecule has 1 saturated heterocycles. The van der Waals surface area contributed by atoms with Gasteiger partial charge in [-0.25, -0.2) is 4.79 Å². The van der Waals surface area contributed by atoms with E-state index in [1.165, 1.54) is 0 Å². The van der Waals surface area contributed by atoms with Gasteiger partial charge in [0, 0.05) is 19.4 Å². The molecule has 5 nitrogen and oxygen atoms in total. The molecule has 1 aliphatic heterocycles. The number of carboxylic acids is 1. The molecular weight excluding hydrogens is 186 g/mol. The van der Waals surface area contributed by atoms with Gasteiger partial charge in [-0.2, -0.15) is 0 Å². The fraction of sp³-hybridized carbons (Fsp3) is 0.778. The zero-order valence-corrected chi connectivity index (χ0v) is 8.12. The van der Waals surface area contributed by atoms with Crippen molar-refractivity contribution in [3.63, 3.8) is 0 Å². The second kappa shape index (κ2) is 4.06. The van der Waals surface area contributed by atoms with Gasteiger partial charge in [-0.05, 0) is 6.42 Å². The first-order valence-electron chi connectivity index (χ1n) is 4.72. The third kappa shape index (κ3) is 1.78. The van der Waals surface area contributed by atoms with Crippen molar-refractivity contribution in [3.8, 4) is 0 Å². The summed E-state index contributed by atoms with van der Waals surface area (Å²) in [4.78, 5) is 22.6. The number of carboxylic acid groups (broad SMARTS) is 1. The van der Waals surface area contributed by atoms with Crippen LogP contribution in [0.4, 0.5) is 0 Å². The van der Waals surface area contributed by atoms with Gasteiger partial charge < -0.3 is 10.2 Å². The number of nitrogens with one attached hydrogen (secondary N) is 1. The van der Waals surface area contributed by atoms with Crippen LogP contribution in [0.1, 0.15) is 26.2 Å². The Labute approximate surface area is 82.1 Å². The first-order chi connectivity index (χ1) is 6.53. The molecule has 1 aliphatic rings. The van der Waals surface area contributed by atoms with Gasteiger partial charge in [-0.1, -0.05) is 6.92 Å². The number of hydrogen-bond acceptors (Lipinski definition) is 4. The van der Waals surface area contributed by atoms with Crippen molar-refractivity contribution in [2.45, 2.75) is 37.8 Å². The molecule has 1 unspecified atom stereocenters. The van der Waals surface area contributed by atoms with E-state index in [4.69, 9.17) is 5.11 Å². The molecule has 80 valence electrons. The van der Waals surface area contributed by atoms with Gasteiger partial charge in [0.15, 0.2) is 11.3 Å². The minimum absolute atomic E-state index is 0.0266. The highest BCUT2D eigenvalue weighted by Crippen LogP contribution is 2.23. The lowest BCUT2D eigenvalue weighted by Crippen LogP contribution is -2.54. The van der Waals surface area contributed by atoms with E-state index in [9.17, 15) is 14.7 Å². The Morgan fingerprint density at radius 1 is 1.57 bits per heavy atom. The number of carbonyl (C=O) groups is 2. The van der Waals surface area contributed by atoms with Crippen LogP contribution < -0.4 is 5.32 Å². The number of aliphatic hydroxyl groups excluding tert-OH is 1. The lowest BCUT2D eigenvalue weighted by Gasteiger charge is -2.22. The summed E-state index contributed by atoms with van der Waals surface area (Å²) in [5.74, 6) is -1.53. The zero-order chi connectivity index (χ0) is 10.8. The second-order valence-electron chi connectivity index (χ2n) is 3.62. The van der Waals surface area contributed by atoms with Crippen LogP contribution in [0.3, 0.4) is 0 Å². The molecule has 0 aromatic carbocycles. The fourth-order valence-electron chi connectivity index (χ4n) is 1.72. The van der Waals surface area contributed by atoms with Crippen LogP contribution in [-0.2, 0) is 9.59 Å². The number of β-amino-alcohol motifs (C(OH)–C–C–N with tert-alkyl or cyclic N) is 1. The van der Waals surface area contributed by atoms with E-state index in [-0.39, 0.29) is 25.2 Å². The van der Waals surface area contributed by atoms with Crippen molar-refractivity contribution < 1.29 is 19.8 Å². The third-order valence-corrected chi connectivity index (χ3v) is 2.50. The highest BCUT2D eigenvalue weighted by molar-refractivity contribution is 6.08. The van der Waals surface area contributed by atoms with Crippen molar-refractivity contribution in [2.24, 2.45) is 0 Å². The van der Waals surface area contributed by atoms with E-state index in [0.29, 0.717) is 6.42 Å². The molecule has 0 spiro atoms. The topological polar surface area (TPSA) is 86.6 Å². The molecule has 0 saturated carbocycles. The lowest BCUT2D eigenvalue weighted by atomic mass is 9.89. The first kappa shape index (κ1) is 11.1. The maximum atomic E-state index is 11.6. The Hall–Kier alpha value is -0.940. The number of carbonyl (C=O) groups excluding carboxylic acids is 1. The minimum atomic E-state index is -1.55. The molecular formula is C9H15NO4. The van der Waals surface area contributed by atoms with Crippen LogP contribution in [0.5, 0.6) is 0 Å². The molecule has 1 fully saturated rings. The van der Waals surface area contributed by atoms with Crippen molar-refractivity contribution in [1.82, 2.24) is 5.32 Å². The van der Waals surface area contributed by atoms with E-state index >= 15 is 0 Å². The second-order valence-corrected chi connectivity index (χ2v) is 3.62. The number of hydrogen-bond donors (Lipinski definition) is 3. The number of aliphatic hydroxyl groups is 1. The Morgan fingerprint density at radius 3 is 2.57 bits per heavy atom. The Bertz CT molecular complexity index is 253. The minimum Gasteiger partial charge on any atom is -0.480 e. The summed E-state index contributed by atoms with van der Waals surface area (Å²) in [5, 5.41) is 20.8. The standard InChI is InChI=1S/C9H15NO4/c1-2-3-7(12)9(8(13)14)4-6(11)5-10-9/h6,10-11H,2-5H2,1H3,(H,13,14)/t6?,9-/m1/s1. The molecule has 2 atom stereocenters. The molecule has 0 amide bonds. The maximum Gasteiger partial charge on any atom is 0.331 e. The normalized spacial score (nSPS) is 31.7. The molecule has 0 aromatic rings. The molecule has 0 aromatic heterocycles. The first-order valence-corrected chi connectivity index (χ1v) is 4.72. The summed E-state index contributed by atoms with van der Waals surface area (Å²) in [6, 6.07) is 0. The van der Waals surface area contributed by atoms with E-state index in [1.54, 1.807) is 0 Å². The van der Waals surface area contributed by atoms with Crippen LogP contribution in [0.15, 0.2) is 0 Å². The van der Waals surface area contributed by atoms with Crippen molar-refractivity contribution in [3.05, 3.63) is 0 Å². The van der Waals surface area contributed by atoms with Crippen LogP contribution >= 0.6 is 0 Å². The zero-order valence-electron chi connectivity index (χ0n) is 8.12. The average molecular weight is 201 g/mol. The van der Waals surface area contributed by atoms with Gasteiger partial charge in [-0.3, -0.25) is 10.1 Å². The van der Waals surface area contributed by atoms with Crippen LogP contribution in [-0.4, -0.2) is 40.2 Å². The number of Topliss-reactive ketones (excluding diaryl/α,β-unsaturated/α-hetero) is 1. The molecule has 14 heavy (non-hydrogen) atoms. The smallest absolute Gasteiger partial charge is 0.331 e. The number of aliphatic carboxylic acids is 1. The maximum absolute atomic E-state index is 11.6. The molecule has 0 bridgehead atoms. The SMILES string of the molecule is CCCC(=O)[C@@]1(C(=O)O)CC(O)CN1. The molecule has 0 radical (unpaired) electrons.